The Labute approximate surface area is 112 Å². The summed E-state index contributed by atoms with van der Waals surface area (Å²) in [7, 11) is 0. The SMILES string of the molecule is CSC1CCCC1Nc1nnc(C)c(C)c1C#N. The number of aryl methyl sites for hydroxylation is 1. The van der Waals surface area contributed by atoms with Gasteiger partial charge in [0.05, 0.1) is 5.69 Å². The highest BCUT2D eigenvalue weighted by Gasteiger charge is 2.27. The molecule has 0 amide bonds. The molecule has 18 heavy (non-hydrogen) atoms. The van der Waals surface area contributed by atoms with E-state index in [4.69, 9.17) is 0 Å². The number of aromatic nitrogens is 2. The maximum Gasteiger partial charge on any atom is 0.167 e. The first kappa shape index (κ1) is 13.2. The van der Waals surface area contributed by atoms with Crippen LogP contribution < -0.4 is 5.32 Å². The van der Waals surface area contributed by atoms with E-state index in [0.717, 1.165) is 17.7 Å². The van der Waals surface area contributed by atoms with Gasteiger partial charge in [-0.25, -0.2) is 0 Å². The van der Waals surface area contributed by atoms with Crippen LogP contribution in [0.5, 0.6) is 0 Å². The van der Waals surface area contributed by atoms with Crippen molar-refractivity contribution in [1.29, 1.82) is 5.26 Å². The van der Waals surface area contributed by atoms with E-state index in [0.29, 0.717) is 22.7 Å². The second-order valence-electron chi connectivity index (χ2n) is 4.70. The standard InChI is InChI=1S/C13H18N4S/c1-8-9(2)16-17-13(10(8)7-14)15-11-5-4-6-12(11)18-3/h11-12H,4-6H2,1-3H3,(H,15,17). The number of hydrogen-bond acceptors (Lipinski definition) is 5. The molecule has 4 nitrogen and oxygen atoms in total. The summed E-state index contributed by atoms with van der Waals surface area (Å²) in [5, 5.41) is 21.5. The van der Waals surface area contributed by atoms with Crippen molar-refractivity contribution in [3.63, 3.8) is 0 Å². The first-order chi connectivity index (χ1) is 8.67. The van der Waals surface area contributed by atoms with Gasteiger partial charge in [-0.1, -0.05) is 6.42 Å². The molecule has 0 spiro atoms. The molecule has 0 bridgehead atoms. The van der Waals surface area contributed by atoms with Crippen LogP contribution in [0.2, 0.25) is 0 Å². The molecule has 1 saturated carbocycles. The Hall–Kier alpha value is -1.28. The molecule has 2 atom stereocenters. The highest BCUT2D eigenvalue weighted by Crippen LogP contribution is 2.31. The van der Waals surface area contributed by atoms with Crippen molar-refractivity contribution in [2.24, 2.45) is 0 Å². The van der Waals surface area contributed by atoms with Crippen LogP contribution in [-0.2, 0) is 0 Å². The molecule has 1 fully saturated rings. The molecule has 1 aliphatic rings. The van der Waals surface area contributed by atoms with E-state index in [9.17, 15) is 5.26 Å². The normalized spacial score (nSPS) is 22.8. The lowest BCUT2D eigenvalue weighted by Gasteiger charge is -2.20. The molecule has 5 heteroatoms. The first-order valence-corrected chi connectivity index (χ1v) is 7.49. The Morgan fingerprint density at radius 1 is 1.33 bits per heavy atom. The van der Waals surface area contributed by atoms with Gasteiger partial charge in [0.15, 0.2) is 5.82 Å². The summed E-state index contributed by atoms with van der Waals surface area (Å²) in [6.45, 7) is 3.81. The fourth-order valence-corrected chi connectivity index (χ4v) is 3.33. The van der Waals surface area contributed by atoms with Gasteiger partial charge in [-0.2, -0.15) is 22.1 Å². The van der Waals surface area contributed by atoms with Crippen molar-refractivity contribution in [3.05, 3.63) is 16.8 Å². The van der Waals surface area contributed by atoms with Crippen LogP contribution >= 0.6 is 11.8 Å². The van der Waals surface area contributed by atoms with Crippen LogP contribution in [0.4, 0.5) is 5.82 Å². The molecule has 1 heterocycles. The van der Waals surface area contributed by atoms with Crippen LogP contribution in [-0.4, -0.2) is 27.7 Å². The molecule has 0 aliphatic heterocycles. The topological polar surface area (TPSA) is 61.6 Å². The van der Waals surface area contributed by atoms with E-state index in [1.165, 1.54) is 12.8 Å². The predicted molar refractivity (Wildman–Crippen MR) is 74.8 cm³/mol. The smallest absolute Gasteiger partial charge is 0.167 e. The molecule has 2 rings (SSSR count). The van der Waals surface area contributed by atoms with E-state index in [-0.39, 0.29) is 0 Å². The third-order valence-electron chi connectivity index (χ3n) is 3.64. The van der Waals surface area contributed by atoms with E-state index in [2.05, 4.69) is 27.8 Å². The van der Waals surface area contributed by atoms with Gasteiger partial charge in [0.1, 0.15) is 11.6 Å². The quantitative estimate of drug-likeness (QED) is 0.907. The Morgan fingerprint density at radius 2 is 2.11 bits per heavy atom. The van der Waals surface area contributed by atoms with Crippen molar-refractivity contribution in [3.8, 4) is 6.07 Å². The molecule has 2 unspecified atom stereocenters. The fraction of sp³-hybridized carbons (Fsp3) is 0.615. The highest BCUT2D eigenvalue weighted by atomic mass is 32.2. The zero-order chi connectivity index (χ0) is 13.1. The Bertz CT molecular complexity index is 481. The van der Waals surface area contributed by atoms with Gasteiger partial charge in [-0.15, -0.1) is 5.10 Å². The van der Waals surface area contributed by atoms with Crippen LogP contribution in [0.25, 0.3) is 0 Å². The fourth-order valence-electron chi connectivity index (χ4n) is 2.40. The van der Waals surface area contributed by atoms with Crippen LogP contribution in [0.1, 0.15) is 36.1 Å². The lowest BCUT2D eigenvalue weighted by molar-refractivity contribution is 0.755. The molecule has 1 N–H and O–H groups in total. The van der Waals surface area contributed by atoms with Crippen molar-refractivity contribution in [1.82, 2.24) is 10.2 Å². The van der Waals surface area contributed by atoms with E-state index in [1.54, 1.807) is 0 Å². The lowest BCUT2D eigenvalue weighted by Crippen LogP contribution is -2.27. The molecule has 96 valence electrons. The zero-order valence-corrected chi connectivity index (χ0v) is 11.8. The van der Waals surface area contributed by atoms with Crippen LogP contribution in [0.15, 0.2) is 0 Å². The van der Waals surface area contributed by atoms with E-state index < -0.39 is 0 Å². The van der Waals surface area contributed by atoms with E-state index in [1.807, 2.05) is 25.6 Å². The zero-order valence-electron chi connectivity index (χ0n) is 11.0. The van der Waals surface area contributed by atoms with Crippen molar-refractivity contribution in [2.75, 3.05) is 11.6 Å². The molecule has 1 aromatic heterocycles. The summed E-state index contributed by atoms with van der Waals surface area (Å²) in [6, 6.07) is 2.65. The summed E-state index contributed by atoms with van der Waals surface area (Å²) in [5.41, 5.74) is 2.38. The minimum Gasteiger partial charge on any atom is -0.364 e. The third kappa shape index (κ3) is 2.44. The largest absolute Gasteiger partial charge is 0.364 e. The maximum atomic E-state index is 9.26. The van der Waals surface area contributed by atoms with Crippen molar-refractivity contribution in [2.45, 2.75) is 44.4 Å². The minimum absolute atomic E-state index is 0.406. The van der Waals surface area contributed by atoms with Gasteiger partial charge >= 0.3 is 0 Å². The van der Waals surface area contributed by atoms with Gasteiger partial charge in [0.25, 0.3) is 0 Å². The average Bonchev–Trinajstić information content (AvgIpc) is 2.81. The van der Waals surface area contributed by atoms with Gasteiger partial charge < -0.3 is 5.32 Å². The lowest BCUT2D eigenvalue weighted by atomic mass is 10.1. The summed E-state index contributed by atoms with van der Waals surface area (Å²) < 4.78 is 0. The van der Waals surface area contributed by atoms with Crippen molar-refractivity contribution >= 4 is 17.6 Å². The third-order valence-corrected chi connectivity index (χ3v) is 4.81. The monoisotopic (exact) mass is 262 g/mol. The first-order valence-electron chi connectivity index (χ1n) is 6.20. The number of anilines is 1. The highest BCUT2D eigenvalue weighted by molar-refractivity contribution is 7.99. The molecule has 1 aliphatic carbocycles. The van der Waals surface area contributed by atoms with Gasteiger partial charge in [0, 0.05) is 11.3 Å². The summed E-state index contributed by atoms with van der Waals surface area (Å²) in [5.74, 6) is 0.645. The molecule has 0 aromatic carbocycles. The van der Waals surface area contributed by atoms with E-state index >= 15 is 0 Å². The van der Waals surface area contributed by atoms with Gasteiger partial charge in [-0.3, -0.25) is 0 Å². The summed E-state index contributed by atoms with van der Waals surface area (Å²) in [4.78, 5) is 0. The molecule has 0 radical (unpaired) electrons. The molecular weight excluding hydrogens is 244 g/mol. The van der Waals surface area contributed by atoms with Crippen LogP contribution in [0, 0.1) is 25.2 Å². The second-order valence-corrected chi connectivity index (χ2v) is 5.78. The minimum atomic E-state index is 0.406. The molecule has 0 saturated heterocycles. The Morgan fingerprint density at radius 3 is 2.78 bits per heavy atom. The number of rotatable bonds is 3. The number of thioether (sulfide) groups is 1. The Kier molecular flexibility index (Phi) is 4.07. The molecule has 1 aromatic rings. The predicted octanol–water partition coefficient (Wildman–Crippen LogP) is 2.66. The second kappa shape index (κ2) is 5.57. The number of nitrogens with zero attached hydrogens (tertiary/aromatic N) is 3. The van der Waals surface area contributed by atoms with Crippen LogP contribution in [0.3, 0.4) is 0 Å². The number of nitrogens with one attached hydrogen (secondary N) is 1. The van der Waals surface area contributed by atoms with Crippen molar-refractivity contribution < 1.29 is 0 Å². The van der Waals surface area contributed by atoms with Gasteiger partial charge in [0.2, 0.25) is 0 Å². The number of nitriles is 1. The molecular formula is C13H18N4S. The maximum absolute atomic E-state index is 9.26. The summed E-state index contributed by atoms with van der Waals surface area (Å²) >= 11 is 1.89. The summed E-state index contributed by atoms with van der Waals surface area (Å²) in [6.07, 6.45) is 5.76. The number of hydrogen-bond donors (Lipinski definition) is 1. The average molecular weight is 262 g/mol. The van der Waals surface area contributed by atoms with Gasteiger partial charge in [-0.05, 0) is 38.5 Å². The Balaban J connectivity index is 2.24.